The molecular weight excluding hydrogens is 358 g/mol. The van der Waals surface area contributed by atoms with Crippen LogP contribution in [0.4, 0.5) is 0 Å². The molecule has 1 aliphatic rings. The van der Waals surface area contributed by atoms with Crippen molar-refractivity contribution >= 4 is 16.0 Å². The zero-order valence-electron chi connectivity index (χ0n) is 15.5. The second kappa shape index (κ2) is 9.23. The molecule has 0 heterocycles. The number of carbonyl (C=O) groups is 1. The Morgan fingerprint density at radius 1 is 1.15 bits per heavy atom. The van der Waals surface area contributed by atoms with Gasteiger partial charge in [-0.25, -0.2) is 8.42 Å². The first kappa shape index (κ1) is 20.5. The first-order chi connectivity index (χ1) is 12.4. The Morgan fingerprint density at radius 2 is 1.85 bits per heavy atom. The van der Waals surface area contributed by atoms with Gasteiger partial charge in [0.25, 0.3) is 0 Å². The third kappa shape index (κ3) is 5.11. The Morgan fingerprint density at radius 3 is 2.42 bits per heavy atom. The molecule has 1 aromatic carbocycles. The van der Waals surface area contributed by atoms with Crippen LogP contribution in [0.15, 0.2) is 23.1 Å². The summed E-state index contributed by atoms with van der Waals surface area (Å²) in [5, 5.41) is 0. The Labute approximate surface area is 155 Å². The van der Waals surface area contributed by atoms with Crippen LogP contribution in [0.1, 0.15) is 38.5 Å². The molecule has 8 heteroatoms. The van der Waals surface area contributed by atoms with Crippen molar-refractivity contribution in [2.75, 3.05) is 21.3 Å². The molecule has 2 rings (SSSR count). The van der Waals surface area contributed by atoms with E-state index in [1.165, 1.54) is 39.9 Å². The minimum absolute atomic E-state index is 0.0723. The lowest BCUT2D eigenvalue weighted by atomic mass is 9.85. The molecule has 1 N–H and O–H groups in total. The summed E-state index contributed by atoms with van der Waals surface area (Å²) in [6.07, 6.45) is 5.82. The van der Waals surface area contributed by atoms with E-state index in [1.807, 2.05) is 0 Å². The van der Waals surface area contributed by atoms with Gasteiger partial charge in [-0.1, -0.05) is 32.1 Å². The molecule has 0 saturated heterocycles. The summed E-state index contributed by atoms with van der Waals surface area (Å²) in [7, 11) is 0.104. The SMILES string of the molecule is COC(=O)C(CC1CCCCC1)NS(=O)(=O)c1cc(OC)ccc1OC. The van der Waals surface area contributed by atoms with Gasteiger partial charge < -0.3 is 14.2 Å². The molecule has 0 bridgehead atoms. The molecule has 1 aliphatic carbocycles. The molecule has 1 saturated carbocycles. The number of hydrogen-bond donors (Lipinski definition) is 1. The summed E-state index contributed by atoms with van der Waals surface area (Å²) in [6.45, 7) is 0. The van der Waals surface area contributed by atoms with E-state index in [2.05, 4.69) is 4.72 Å². The topological polar surface area (TPSA) is 90.9 Å². The van der Waals surface area contributed by atoms with Crippen LogP contribution in [0.3, 0.4) is 0 Å². The smallest absolute Gasteiger partial charge is 0.323 e. The number of rotatable bonds is 8. The van der Waals surface area contributed by atoms with Gasteiger partial charge in [-0.2, -0.15) is 4.72 Å². The molecular formula is C18H27NO6S. The van der Waals surface area contributed by atoms with Gasteiger partial charge in [0.1, 0.15) is 22.4 Å². The highest BCUT2D eigenvalue weighted by atomic mass is 32.2. The third-order valence-electron chi connectivity index (χ3n) is 4.74. The Kier molecular flexibility index (Phi) is 7.28. The van der Waals surface area contributed by atoms with Crippen LogP contribution in [0.25, 0.3) is 0 Å². The van der Waals surface area contributed by atoms with Crippen molar-refractivity contribution < 1.29 is 27.4 Å². The van der Waals surface area contributed by atoms with Crippen LogP contribution >= 0.6 is 0 Å². The Balaban J connectivity index is 2.26. The van der Waals surface area contributed by atoms with Gasteiger partial charge in [-0.3, -0.25) is 4.79 Å². The van der Waals surface area contributed by atoms with Crippen molar-refractivity contribution in [2.24, 2.45) is 5.92 Å². The van der Waals surface area contributed by atoms with Gasteiger partial charge in [0.15, 0.2) is 0 Å². The van der Waals surface area contributed by atoms with Crippen molar-refractivity contribution in [2.45, 2.75) is 49.5 Å². The summed E-state index contributed by atoms with van der Waals surface area (Å²) in [4.78, 5) is 12.1. The number of esters is 1. The van der Waals surface area contributed by atoms with Crippen LogP contribution in [-0.4, -0.2) is 41.8 Å². The fraction of sp³-hybridized carbons (Fsp3) is 0.611. The molecule has 0 radical (unpaired) electrons. The Bertz CT molecular complexity index is 712. The summed E-state index contributed by atoms with van der Waals surface area (Å²) >= 11 is 0. The van der Waals surface area contributed by atoms with E-state index in [9.17, 15) is 13.2 Å². The molecule has 0 aliphatic heterocycles. The number of carbonyl (C=O) groups excluding carboxylic acids is 1. The van der Waals surface area contributed by atoms with Gasteiger partial charge in [0.05, 0.1) is 21.3 Å². The molecule has 1 unspecified atom stereocenters. The summed E-state index contributed by atoms with van der Waals surface area (Å²) in [5.41, 5.74) is 0. The number of sulfonamides is 1. The quantitative estimate of drug-likeness (QED) is 0.692. The maximum atomic E-state index is 12.9. The maximum absolute atomic E-state index is 12.9. The number of ether oxygens (including phenoxy) is 3. The normalized spacial score (nSPS) is 16.7. The van der Waals surface area contributed by atoms with E-state index in [-0.39, 0.29) is 10.6 Å². The second-order valence-corrected chi connectivity index (χ2v) is 8.14. The number of benzene rings is 1. The lowest BCUT2D eigenvalue weighted by Crippen LogP contribution is -2.43. The second-order valence-electron chi connectivity index (χ2n) is 6.45. The van der Waals surface area contributed by atoms with Crippen molar-refractivity contribution in [3.8, 4) is 11.5 Å². The lowest BCUT2D eigenvalue weighted by molar-refractivity contribution is -0.143. The van der Waals surface area contributed by atoms with Crippen molar-refractivity contribution in [1.29, 1.82) is 0 Å². The first-order valence-corrected chi connectivity index (χ1v) is 10.2. The highest BCUT2D eigenvalue weighted by molar-refractivity contribution is 7.89. The molecule has 1 fully saturated rings. The van der Waals surface area contributed by atoms with Crippen LogP contribution < -0.4 is 14.2 Å². The zero-order chi connectivity index (χ0) is 19.2. The molecule has 1 atom stereocenters. The first-order valence-electron chi connectivity index (χ1n) is 8.73. The van der Waals surface area contributed by atoms with Gasteiger partial charge in [0.2, 0.25) is 10.0 Å². The standard InChI is InChI=1S/C18H27NO6S/c1-23-14-9-10-16(24-2)17(12-14)26(21,22)19-15(18(20)25-3)11-13-7-5-4-6-8-13/h9-10,12-13,15,19H,4-8,11H2,1-3H3. The van der Waals surface area contributed by atoms with Crippen molar-refractivity contribution in [3.05, 3.63) is 18.2 Å². The fourth-order valence-corrected chi connectivity index (χ4v) is 4.72. The van der Waals surface area contributed by atoms with E-state index >= 15 is 0 Å². The van der Waals surface area contributed by atoms with Crippen LogP contribution in [0.2, 0.25) is 0 Å². The summed E-state index contributed by atoms with van der Waals surface area (Å²) in [6, 6.07) is 3.57. The van der Waals surface area contributed by atoms with Gasteiger partial charge in [-0.05, 0) is 24.5 Å². The van der Waals surface area contributed by atoms with E-state index in [0.717, 1.165) is 25.7 Å². The van der Waals surface area contributed by atoms with Gasteiger partial charge >= 0.3 is 5.97 Å². The monoisotopic (exact) mass is 385 g/mol. The highest BCUT2D eigenvalue weighted by Gasteiger charge is 2.31. The molecule has 7 nitrogen and oxygen atoms in total. The molecule has 0 spiro atoms. The fourth-order valence-electron chi connectivity index (χ4n) is 3.34. The number of nitrogens with one attached hydrogen (secondary N) is 1. The summed E-state index contributed by atoms with van der Waals surface area (Å²) < 4.78 is 43.4. The maximum Gasteiger partial charge on any atom is 0.323 e. The molecule has 26 heavy (non-hydrogen) atoms. The van der Waals surface area contributed by atoms with Gasteiger partial charge in [-0.15, -0.1) is 0 Å². The average molecular weight is 385 g/mol. The summed E-state index contributed by atoms with van der Waals surface area (Å²) in [5.74, 6) is 0.288. The van der Waals surface area contributed by atoms with E-state index in [4.69, 9.17) is 14.2 Å². The van der Waals surface area contributed by atoms with E-state index in [0.29, 0.717) is 18.1 Å². The Hall–Kier alpha value is -1.80. The largest absolute Gasteiger partial charge is 0.497 e. The molecule has 0 amide bonds. The van der Waals surface area contributed by atoms with Crippen LogP contribution in [0, 0.1) is 5.92 Å². The molecule has 146 valence electrons. The highest BCUT2D eigenvalue weighted by Crippen LogP contribution is 2.30. The minimum Gasteiger partial charge on any atom is -0.497 e. The minimum atomic E-state index is -4.00. The lowest BCUT2D eigenvalue weighted by Gasteiger charge is -2.26. The predicted molar refractivity (Wildman–Crippen MR) is 96.9 cm³/mol. The van der Waals surface area contributed by atoms with Crippen LogP contribution in [-0.2, 0) is 19.6 Å². The van der Waals surface area contributed by atoms with E-state index < -0.39 is 22.0 Å². The van der Waals surface area contributed by atoms with Gasteiger partial charge in [0, 0.05) is 6.07 Å². The zero-order valence-corrected chi connectivity index (χ0v) is 16.3. The number of methoxy groups -OCH3 is 3. The van der Waals surface area contributed by atoms with Crippen molar-refractivity contribution in [3.63, 3.8) is 0 Å². The van der Waals surface area contributed by atoms with E-state index in [1.54, 1.807) is 6.07 Å². The van der Waals surface area contributed by atoms with Crippen molar-refractivity contribution in [1.82, 2.24) is 4.72 Å². The molecule has 1 aromatic rings. The van der Waals surface area contributed by atoms with Crippen LogP contribution in [0.5, 0.6) is 11.5 Å². The predicted octanol–water partition coefficient (Wildman–Crippen LogP) is 2.49. The third-order valence-corrected chi connectivity index (χ3v) is 6.23. The average Bonchev–Trinajstić information content (AvgIpc) is 2.66. The number of hydrogen-bond acceptors (Lipinski definition) is 6. The molecule has 0 aromatic heterocycles.